The van der Waals surface area contributed by atoms with E-state index in [1.807, 2.05) is 0 Å². The summed E-state index contributed by atoms with van der Waals surface area (Å²) in [6.45, 7) is 3.55. The molecule has 0 spiro atoms. The summed E-state index contributed by atoms with van der Waals surface area (Å²) in [6.07, 6.45) is 1.42. The van der Waals surface area contributed by atoms with Crippen LogP contribution in [0.4, 0.5) is 11.5 Å². The SMILES string of the molecule is CC1(C)C(=O)NC(=O)CN1c1ncnc2ccc(N)cc12. The van der Waals surface area contributed by atoms with E-state index >= 15 is 0 Å². The number of nitrogen functional groups attached to an aromatic ring is 1. The topological polar surface area (TPSA) is 101 Å². The number of carbonyl (C=O) groups is 2. The Labute approximate surface area is 121 Å². The number of nitrogens with one attached hydrogen (secondary N) is 1. The second kappa shape index (κ2) is 4.41. The van der Waals surface area contributed by atoms with Gasteiger partial charge < -0.3 is 10.6 Å². The molecule has 2 amide bonds. The number of imide groups is 1. The van der Waals surface area contributed by atoms with E-state index in [0.29, 0.717) is 22.4 Å². The van der Waals surface area contributed by atoms with Gasteiger partial charge in [-0.3, -0.25) is 14.9 Å². The van der Waals surface area contributed by atoms with Crippen molar-refractivity contribution in [2.24, 2.45) is 0 Å². The van der Waals surface area contributed by atoms with Crippen LogP contribution >= 0.6 is 0 Å². The molecule has 0 atom stereocenters. The number of nitrogens with two attached hydrogens (primary N) is 1. The third-order valence-electron chi connectivity index (χ3n) is 3.68. The van der Waals surface area contributed by atoms with Crippen molar-refractivity contribution in [3.8, 4) is 0 Å². The van der Waals surface area contributed by atoms with E-state index in [4.69, 9.17) is 5.73 Å². The molecule has 1 aromatic heterocycles. The van der Waals surface area contributed by atoms with E-state index in [1.54, 1.807) is 36.9 Å². The Morgan fingerprint density at radius 2 is 2.05 bits per heavy atom. The second-order valence-electron chi connectivity index (χ2n) is 5.50. The molecule has 3 rings (SSSR count). The maximum absolute atomic E-state index is 12.1. The first-order chi connectivity index (χ1) is 9.89. The molecular weight excluding hydrogens is 270 g/mol. The summed E-state index contributed by atoms with van der Waals surface area (Å²) in [5.74, 6) is -0.176. The lowest BCUT2D eigenvalue weighted by molar-refractivity contribution is -0.135. The smallest absolute Gasteiger partial charge is 0.251 e. The summed E-state index contributed by atoms with van der Waals surface area (Å²) in [4.78, 5) is 33.9. The fraction of sp³-hybridized carbons (Fsp3) is 0.286. The van der Waals surface area contributed by atoms with E-state index in [0.717, 1.165) is 0 Å². The standard InChI is InChI=1S/C14H15N5O2/c1-14(2)13(21)18-11(20)6-19(14)12-9-5-8(15)3-4-10(9)16-7-17-12/h3-5,7H,6,15H2,1-2H3,(H,18,20,21). The fourth-order valence-electron chi connectivity index (χ4n) is 2.40. The maximum Gasteiger partial charge on any atom is 0.251 e. The predicted molar refractivity (Wildman–Crippen MR) is 78.5 cm³/mol. The number of nitrogens with zero attached hydrogens (tertiary/aromatic N) is 3. The van der Waals surface area contributed by atoms with E-state index in [1.165, 1.54) is 6.33 Å². The number of hydrogen-bond acceptors (Lipinski definition) is 6. The first kappa shape index (κ1) is 13.3. The summed E-state index contributed by atoms with van der Waals surface area (Å²) >= 11 is 0. The molecule has 2 heterocycles. The van der Waals surface area contributed by atoms with Gasteiger partial charge in [0.05, 0.1) is 12.1 Å². The summed E-state index contributed by atoms with van der Waals surface area (Å²) in [5.41, 5.74) is 6.22. The van der Waals surface area contributed by atoms with E-state index in [-0.39, 0.29) is 18.4 Å². The minimum atomic E-state index is -0.889. The zero-order valence-corrected chi connectivity index (χ0v) is 11.8. The number of aromatic nitrogens is 2. The highest BCUT2D eigenvalue weighted by Gasteiger charge is 2.42. The van der Waals surface area contributed by atoms with Gasteiger partial charge in [0, 0.05) is 11.1 Å². The number of rotatable bonds is 1. The van der Waals surface area contributed by atoms with Crippen molar-refractivity contribution in [2.45, 2.75) is 19.4 Å². The van der Waals surface area contributed by atoms with Crippen LogP contribution in [0.5, 0.6) is 0 Å². The minimum absolute atomic E-state index is 0.0552. The van der Waals surface area contributed by atoms with Gasteiger partial charge in [0.15, 0.2) is 0 Å². The molecule has 21 heavy (non-hydrogen) atoms. The van der Waals surface area contributed by atoms with Gasteiger partial charge in [-0.15, -0.1) is 0 Å². The highest BCUT2D eigenvalue weighted by Crippen LogP contribution is 2.31. The first-order valence-corrected chi connectivity index (χ1v) is 6.52. The van der Waals surface area contributed by atoms with Gasteiger partial charge in [-0.1, -0.05) is 0 Å². The van der Waals surface area contributed by atoms with Gasteiger partial charge in [-0.05, 0) is 32.0 Å². The van der Waals surface area contributed by atoms with Crippen LogP contribution in [-0.4, -0.2) is 33.9 Å². The highest BCUT2D eigenvalue weighted by atomic mass is 16.2. The van der Waals surface area contributed by atoms with Gasteiger partial charge in [0.2, 0.25) is 5.91 Å². The van der Waals surface area contributed by atoms with Crippen LogP contribution in [0.1, 0.15) is 13.8 Å². The molecule has 108 valence electrons. The molecule has 1 aromatic carbocycles. The lowest BCUT2D eigenvalue weighted by Gasteiger charge is -2.41. The largest absolute Gasteiger partial charge is 0.399 e. The molecule has 1 aliphatic heterocycles. The fourth-order valence-corrected chi connectivity index (χ4v) is 2.40. The van der Waals surface area contributed by atoms with Gasteiger partial charge >= 0.3 is 0 Å². The highest BCUT2D eigenvalue weighted by molar-refractivity contribution is 6.08. The number of piperazine rings is 1. The molecule has 2 aromatic rings. The van der Waals surface area contributed by atoms with Crippen LogP contribution < -0.4 is 16.0 Å². The Balaban J connectivity index is 2.21. The molecule has 0 aliphatic carbocycles. The molecule has 0 saturated carbocycles. The van der Waals surface area contributed by atoms with Crippen LogP contribution in [0, 0.1) is 0 Å². The zero-order chi connectivity index (χ0) is 15.2. The normalized spacial score (nSPS) is 17.9. The third kappa shape index (κ3) is 2.06. The van der Waals surface area contributed by atoms with Crippen molar-refractivity contribution >= 4 is 34.2 Å². The molecular formula is C14H15N5O2. The van der Waals surface area contributed by atoms with Crippen LogP contribution in [0.2, 0.25) is 0 Å². The van der Waals surface area contributed by atoms with E-state index in [9.17, 15) is 9.59 Å². The van der Waals surface area contributed by atoms with Crippen LogP contribution in [0.25, 0.3) is 10.9 Å². The summed E-state index contributed by atoms with van der Waals surface area (Å²) in [7, 11) is 0. The van der Waals surface area contributed by atoms with Crippen molar-refractivity contribution in [1.29, 1.82) is 0 Å². The predicted octanol–water partition coefficient (Wildman–Crippen LogP) is 0.453. The zero-order valence-electron chi connectivity index (χ0n) is 11.8. The molecule has 7 heteroatoms. The van der Waals surface area contributed by atoms with Crippen LogP contribution in [0.3, 0.4) is 0 Å². The molecule has 0 unspecified atom stereocenters. The quantitative estimate of drug-likeness (QED) is 0.583. The molecule has 3 N–H and O–H groups in total. The first-order valence-electron chi connectivity index (χ1n) is 6.52. The van der Waals surface area contributed by atoms with Crippen molar-refractivity contribution in [3.05, 3.63) is 24.5 Å². The second-order valence-corrected chi connectivity index (χ2v) is 5.50. The number of carbonyl (C=O) groups excluding carboxylic acids is 2. The van der Waals surface area contributed by atoms with Crippen molar-refractivity contribution < 1.29 is 9.59 Å². The Morgan fingerprint density at radius 1 is 1.29 bits per heavy atom. The number of anilines is 2. The number of benzene rings is 1. The Morgan fingerprint density at radius 3 is 2.81 bits per heavy atom. The van der Waals surface area contributed by atoms with Gasteiger partial charge in [0.1, 0.15) is 17.7 Å². The number of amides is 2. The lowest BCUT2D eigenvalue weighted by Crippen LogP contribution is -2.64. The number of fused-ring (bicyclic) bond motifs is 1. The molecule has 0 bridgehead atoms. The summed E-state index contributed by atoms with van der Waals surface area (Å²) < 4.78 is 0. The van der Waals surface area contributed by atoms with Crippen molar-refractivity contribution in [3.63, 3.8) is 0 Å². The van der Waals surface area contributed by atoms with E-state index in [2.05, 4.69) is 15.3 Å². The van der Waals surface area contributed by atoms with Gasteiger partial charge in [0.25, 0.3) is 5.91 Å². The molecule has 1 fully saturated rings. The van der Waals surface area contributed by atoms with Crippen LogP contribution in [-0.2, 0) is 9.59 Å². The molecule has 0 radical (unpaired) electrons. The molecule has 1 saturated heterocycles. The van der Waals surface area contributed by atoms with Gasteiger partial charge in [-0.2, -0.15) is 0 Å². The maximum atomic E-state index is 12.1. The summed E-state index contributed by atoms with van der Waals surface area (Å²) in [5, 5.41) is 3.06. The van der Waals surface area contributed by atoms with Crippen molar-refractivity contribution in [1.82, 2.24) is 15.3 Å². The third-order valence-corrected chi connectivity index (χ3v) is 3.68. The Kier molecular flexibility index (Phi) is 2.79. The number of hydrogen-bond donors (Lipinski definition) is 2. The summed E-state index contributed by atoms with van der Waals surface area (Å²) in [6, 6.07) is 5.28. The van der Waals surface area contributed by atoms with Crippen molar-refractivity contribution in [2.75, 3.05) is 17.2 Å². The lowest BCUT2D eigenvalue weighted by atomic mass is 9.98. The Bertz CT molecular complexity index is 756. The minimum Gasteiger partial charge on any atom is -0.399 e. The molecule has 1 aliphatic rings. The monoisotopic (exact) mass is 285 g/mol. The van der Waals surface area contributed by atoms with E-state index < -0.39 is 5.54 Å². The Hall–Kier alpha value is -2.70. The average Bonchev–Trinajstić information content (AvgIpc) is 2.42. The molecule has 7 nitrogen and oxygen atoms in total. The average molecular weight is 285 g/mol. The van der Waals surface area contributed by atoms with Crippen LogP contribution in [0.15, 0.2) is 24.5 Å². The van der Waals surface area contributed by atoms with Gasteiger partial charge in [-0.25, -0.2) is 9.97 Å².